The third-order valence-corrected chi connectivity index (χ3v) is 7.71. The third kappa shape index (κ3) is 2.68. The van der Waals surface area contributed by atoms with Gasteiger partial charge in [-0.05, 0) is 61.6 Å². The molecule has 5 aliphatic rings. The molecular formula is C21H27BrN2O. The second-order valence-corrected chi connectivity index (χ2v) is 9.18. The lowest BCUT2D eigenvalue weighted by molar-refractivity contribution is 0.0425. The van der Waals surface area contributed by atoms with Crippen molar-refractivity contribution in [2.75, 3.05) is 26.3 Å². The Hall–Kier alpha value is -0.870. The Morgan fingerprint density at radius 2 is 1.76 bits per heavy atom. The molecule has 1 saturated heterocycles. The molecule has 0 radical (unpaired) electrons. The van der Waals surface area contributed by atoms with Crippen LogP contribution in [-0.4, -0.2) is 42.6 Å². The first-order valence-electron chi connectivity index (χ1n) is 9.93. The monoisotopic (exact) mass is 402 g/mol. The van der Waals surface area contributed by atoms with Crippen molar-refractivity contribution in [3.63, 3.8) is 0 Å². The van der Waals surface area contributed by atoms with E-state index < -0.39 is 0 Å². The molecule has 1 aromatic rings. The van der Waals surface area contributed by atoms with E-state index in [4.69, 9.17) is 9.73 Å². The molecule has 2 bridgehead atoms. The molecule has 1 spiro atoms. The van der Waals surface area contributed by atoms with Crippen molar-refractivity contribution in [2.24, 2.45) is 16.8 Å². The molecule has 3 nitrogen and oxygen atoms in total. The molecule has 0 aromatic heterocycles. The number of hydrogen-bond acceptors (Lipinski definition) is 3. The molecule has 2 aliphatic heterocycles. The van der Waals surface area contributed by atoms with Crippen LogP contribution in [-0.2, 0) is 4.74 Å². The molecule has 134 valence electrons. The normalized spacial score (nSPS) is 37.6. The van der Waals surface area contributed by atoms with Gasteiger partial charge in [0.2, 0.25) is 0 Å². The largest absolute Gasteiger partial charge is 0.378 e. The first kappa shape index (κ1) is 16.3. The summed E-state index contributed by atoms with van der Waals surface area (Å²) in [6, 6.07) is 9.12. The van der Waals surface area contributed by atoms with Crippen LogP contribution in [0.5, 0.6) is 0 Å². The van der Waals surface area contributed by atoms with Gasteiger partial charge in [-0.25, -0.2) is 0 Å². The SMILES string of the molecule is Brc1ccc(C2C3CCC(CC3)C23CCC(N2CCOCC2)=N3)cc1. The van der Waals surface area contributed by atoms with Crippen LogP contribution in [0.3, 0.4) is 0 Å². The molecule has 3 aliphatic carbocycles. The summed E-state index contributed by atoms with van der Waals surface area (Å²) < 4.78 is 6.72. The number of ether oxygens (including phenoxy) is 1. The van der Waals surface area contributed by atoms with Crippen LogP contribution in [0.4, 0.5) is 0 Å². The van der Waals surface area contributed by atoms with Gasteiger partial charge in [0.15, 0.2) is 0 Å². The summed E-state index contributed by atoms with van der Waals surface area (Å²) in [6.07, 6.45) is 7.98. The second-order valence-electron chi connectivity index (χ2n) is 8.26. The number of halogens is 1. The minimum Gasteiger partial charge on any atom is -0.378 e. The van der Waals surface area contributed by atoms with Gasteiger partial charge in [0, 0.05) is 29.9 Å². The first-order chi connectivity index (χ1) is 12.3. The van der Waals surface area contributed by atoms with E-state index in [0.29, 0.717) is 5.92 Å². The molecule has 6 rings (SSSR count). The minimum absolute atomic E-state index is 0.169. The zero-order valence-electron chi connectivity index (χ0n) is 14.8. The van der Waals surface area contributed by atoms with E-state index in [1.165, 1.54) is 48.0 Å². The van der Waals surface area contributed by atoms with E-state index in [0.717, 1.165) is 44.6 Å². The van der Waals surface area contributed by atoms with Crippen LogP contribution >= 0.6 is 15.9 Å². The van der Waals surface area contributed by atoms with Gasteiger partial charge in [0.25, 0.3) is 0 Å². The average Bonchev–Trinajstić information content (AvgIpc) is 3.10. The zero-order chi connectivity index (χ0) is 16.9. The van der Waals surface area contributed by atoms with Crippen molar-refractivity contribution in [1.82, 2.24) is 4.90 Å². The van der Waals surface area contributed by atoms with Gasteiger partial charge in [-0.2, -0.15) is 0 Å². The Morgan fingerprint density at radius 3 is 2.48 bits per heavy atom. The number of morpholine rings is 1. The zero-order valence-corrected chi connectivity index (χ0v) is 16.4. The van der Waals surface area contributed by atoms with Gasteiger partial charge in [0.05, 0.1) is 24.6 Å². The first-order valence-corrected chi connectivity index (χ1v) is 10.7. The van der Waals surface area contributed by atoms with Crippen LogP contribution in [0.15, 0.2) is 33.7 Å². The van der Waals surface area contributed by atoms with Crippen LogP contribution in [0.1, 0.15) is 50.0 Å². The molecule has 4 heteroatoms. The minimum atomic E-state index is 0.169. The highest BCUT2D eigenvalue weighted by Crippen LogP contribution is 2.60. The Balaban J connectivity index is 1.52. The van der Waals surface area contributed by atoms with E-state index >= 15 is 0 Å². The number of hydrogen-bond donors (Lipinski definition) is 0. The van der Waals surface area contributed by atoms with E-state index in [2.05, 4.69) is 45.1 Å². The van der Waals surface area contributed by atoms with Gasteiger partial charge in [-0.3, -0.25) is 4.99 Å². The van der Waals surface area contributed by atoms with E-state index in [1.54, 1.807) is 0 Å². The maximum Gasteiger partial charge on any atom is 0.0998 e. The summed E-state index contributed by atoms with van der Waals surface area (Å²) in [5, 5.41) is 0. The fourth-order valence-corrected chi connectivity index (χ4v) is 6.34. The fraction of sp³-hybridized carbons (Fsp3) is 0.667. The van der Waals surface area contributed by atoms with Crippen LogP contribution < -0.4 is 0 Å². The Kier molecular flexibility index (Phi) is 4.16. The summed E-state index contributed by atoms with van der Waals surface area (Å²) in [5.74, 6) is 3.59. The molecular weight excluding hydrogens is 376 g/mol. The molecule has 4 fully saturated rings. The van der Waals surface area contributed by atoms with E-state index in [-0.39, 0.29) is 5.54 Å². The molecule has 25 heavy (non-hydrogen) atoms. The van der Waals surface area contributed by atoms with Crippen molar-refractivity contribution < 1.29 is 4.74 Å². The van der Waals surface area contributed by atoms with E-state index in [1.807, 2.05) is 0 Å². The number of rotatable bonds is 1. The quantitative estimate of drug-likeness (QED) is 0.684. The number of amidine groups is 1. The summed E-state index contributed by atoms with van der Waals surface area (Å²) in [6.45, 7) is 3.75. The highest BCUT2D eigenvalue weighted by Gasteiger charge is 2.56. The second kappa shape index (κ2) is 6.38. The average molecular weight is 403 g/mol. The highest BCUT2D eigenvalue weighted by molar-refractivity contribution is 9.10. The van der Waals surface area contributed by atoms with Crippen molar-refractivity contribution >= 4 is 21.8 Å². The van der Waals surface area contributed by atoms with Gasteiger partial charge < -0.3 is 9.64 Å². The van der Waals surface area contributed by atoms with Crippen LogP contribution in [0, 0.1) is 11.8 Å². The number of fused-ring (bicyclic) bond motifs is 2. The van der Waals surface area contributed by atoms with Gasteiger partial charge in [-0.15, -0.1) is 0 Å². The number of benzene rings is 1. The van der Waals surface area contributed by atoms with Crippen molar-refractivity contribution in [1.29, 1.82) is 0 Å². The van der Waals surface area contributed by atoms with Crippen molar-refractivity contribution in [3.8, 4) is 0 Å². The molecule has 0 amide bonds. The van der Waals surface area contributed by atoms with Crippen molar-refractivity contribution in [2.45, 2.75) is 50.0 Å². The Morgan fingerprint density at radius 1 is 1.04 bits per heavy atom. The van der Waals surface area contributed by atoms with Crippen molar-refractivity contribution in [3.05, 3.63) is 34.3 Å². The summed E-state index contributed by atoms with van der Waals surface area (Å²) >= 11 is 3.60. The maximum atomic E-state index is 5.55. The summed E-state index contributed by atoms with van der Waals surface area (Å²) in [5.41, 5.74) is 1.69. The van der Waals surface area contributed by atoms with Gasteiger partial charge in [-0.1, -0.05) is 28.1 Å². The molecule has 2 atom stereocenters. The third-order valence-electron chi connectivity index (χ3n) is 7.18. The Bertz CT molecular complexity index is 659. The smallest absolute Gasteiger partial charge is 0.0998 e. The van der Waals surface area contributed by atoms with Gasteiger partial charge in [0.1, 0.15) is 0 Å². The lowest BCUT2D eigenvalue weighted by Gasteiger charge is -2.54. The van der Waals surface area contributed by atoms with E-state index in [9.17, 15) is 0 Å². The lowest BCUT2D eigenvalue weighted by Crippen LogP contribution is -2.51. The Labute approximate surface area is 159 Å². The number of nitrogens with zero attached hydrogens (tertiary/aromatic N) is 2. The molecule has 1 aromatic carbocycles. The lowest BCUT2D eigenvalue weighted by atomic mass is 9.52. The van der Waals surface area contributed by atoms with Gasteiger partial charge >= 0.3 is 0 Å². The summed E-state index contributed by atoms with van der Waals surface area (Å²) in [4.78, 5) is 8.04. The fourth-order valence-electron chi connectivity index (χ4n) is 6.08. The highest BCUT2D eigenvalue weighted by atomic mass is 79.9. The maximum absolute atomic E-state index is 5.55. The summed E-state index contributed by atoms with van der Waals surface area (Å²) in [7, 11) is 0. The standard InChI is InChI=1S/C21H27BrN2O/c22-18-7-3-16(4-8-18)20-15-1-5-17(6-2-15)21(20)10-9-19(23-21)24-11-13-25-14-12-24/h3-4,7-8,15,17,20H,1-2,5-6,9-14H2. The topological polar surface area (TPSA) is 24.8 Å². The van der Waals surface area contributed by atoms with Crippen LogP contribution in [0.2, 0.25) is 0 Å². The molecule has 3 saturated carbocycles. The predicted molar refractivity (Wildman–Crippen MR) is 104 cm³/mol. The van der Waals surface area contributed by atoms with Crippen LogP contribution in [0.25, 0.3) is 0 Å². The molecule has 0 N–H and O–H groups in total. The predicted octanol–water partition coefficient (Wildman–Crippen LogP) is 4.62. The molecule has 2 unspecified atom stereocenters. The molecule has 2 heterocycles. The number of aliphatic imine (C=N–C) groups is 1.